The van der Waals surface area contributed by atoms with Crippen LogP contribution >= 0.6 is 0 Å². The molecule has 3 N–H and O–H groups in total. The summed E-state index contributed by atoms with van der Waals surface area (Å²) < 4.78 is 1.97. The smallest absolute Gasteiger partial charge is 0.253 e. The molecule has 118 valence electrons. The van der Waals surface area contributed by atoms with Gasteiger partial charge in [0.05, 0.1) is 11.9 Å². The van der Waals surface area contributed by atoms with Gasteiger partial charge in [-0.15, -0.1) is 0 Å². The Kier molecular flexibility index (Phi) is 3.92. The quantitative estimate of drug-likeness (QED) is 0.767. The third-order valence-electron chi connectivity index (χ3n) is 3.60. The Morgan fingerprint density at radius 2 is 2.17 bits per heavy atom. The number of carbonyl (C=O) groups is 1. The van der Waals surface area contributed by atoms with E-state index in [2.05, 4.69) is 34.1 Å². The summed E-state index contributed by atoms with van der Waals surface area (Å²) in [5.41, 5.74) is 8.48. The molecular formula is C16H18N6O. The number of pyridine rings is 2. The summed E-state index contributed by atoms with van der Waals surface area (Å²) in [6.45, 7) is 4.43. The molecular weight excluding hydrogens is 292 g/mol. The van der Waals surface area contributed by atoms with E-state index in [0.29, 0.717) is 23.4 Å². The normalized spacial score (nSPS) is 11.1. The van der Waals surface area contributed by atoms with Crippen molar-refractivity contribution in [1.82, 2.24) is 24.8 Å². The molecule has 0 aliphatic heterocycles. The highest BCUT2D eigenvalue weighted by Crippen LogP contribution is 2.16. The zero-order chi connectivity index (χ0) is 16.4. The highest BCUT2D eigenvalue weighted by Gasteiger charge is 2.12. The van der Waals surface area contributed by atoms with Crippen molar-refractivity contribution in [2.75, 3.05) is 5.73 Å². The molecule has 0 saturated carbocycles. The number of hydrogen-bond acceptors (Lipinski definition) is 5. The number of rotatable bonds is 4. The van der Waals surface area contributed by atoms with E-state index < -0.39 is 0 Å². The van der Waals surface area contributed by atoms with Crippen LogP contribution in [-0.4, -0.2) is 25.4 Å². The van der Waals surface area contributed by atoms with Gasteiger partial charge in [0.1, 0.15) is 11.3 Å². The van der Waals surface area contributed by atoms with Crippen LogP contribution < -0.4 is 11.1 Å². The number of anilines is 1. The van der Waals surface area contributed by atoms with Gasteiger partial charge in [0, 0.05) is 30.5 Å². The van der Waals surface area contributed by atoms with E-state index in [1.54, 1.807) is 30.9 Å². The molecule has 0 aliphatic carbocycles. The van der Waals surface area contributed by atoms with Crippen LogP contribution in [0.15, 0.2) is 36.9 Å². The lowest BCUT2D eigenvalue weighted by atomic mass is 10.2. The van der Waals surface area contributed by atoms with Crippen LogP contribution in [0.4, 0.5) is 5.82 Å². The number of imidazole rings is 1. The van der Waals surface area contributed by atoms with Gasteiger partial charge in [-0.25, -0.2) is 15.0 Å². The summed E-state index contributed by atoms with van der Waals surface area (Å²) >= 11 is 0. The summed E-state index contributed by atoms with van der Waals surface area (Å²) in [5, 5.41) is 2.82. The molecule has 0 spiro atoms. The maximum absolute atomic E-state index is 12.3. The predicted octanol–water partition coefficient (Wildman–Crippen LogP) is 1.92. The Morgan fingerprint density at radius 3 is 2.91 bits per heavy atom. The first kappa shape index (κ1) is 15.0. The summed E-state index contributed by atoms with van der Waals surface area (Å²) in [6.07, 6.45) is 4.91. The average Bonchev–Trinajstić information content (AvgIpc) is 2.97. The number of nitrogen functional groups attached to an aromatic ring is 1. The number of carbonyl (C=O) groups excluding carboxylic acids is 1. The van der Waals surface area contributed by atoms with Crippen LogP contribution in [0.2, 0.25) is 0 Å². The van der Waals surface area contributed by atoms with Crippen LogP contribution in [0.3, 0.4) is 0 Å². The molecule has 3 heterocycles. The highest BCUT2D eigenvalue weighted by atomic mass is 16.1. The minimum atomic E-state index is -0.221. The Labute approximate surface area is 133 Å². The van der Waals surface area contributed by atoms with Crippen LogP contribution in [0, 0.1) is 0 Å². The second-order valence-electron chi connectivity index (χ2n) is 5.54. The van der Waals surface area contributed by atoms with E-state index in [0.717, 1.165) is 11.2 Å². The number of aromatic nitrogens is 4. The molecule has 0 aromatic carbocycles. The van der Waals surface area contributed by atoms with Crippen molar-refractivity contribution in [3.05, 3.63) is 48.0 Å². The minimum absolute atomic E-state index is 0.221. The summed E-state index contributed by atoms with van der Waals surface area (Å²) in [5.74, 6) is 0.193. The number of nitrogens with one attached hydrogen (secondary N) is 1. The van der Waals surface area contributed by atoms with Crippen molar-refractivity contribution in [3.63, 3.8) is 0 Å². The van der Waals surface area contributed by atoms with E-state index in [9.17, 15) is 4.79 Å². The first-order valence-electron chi connectivity index (χ1n) is 7.36. The van der Waals surface area contributed by atoms with Gasteiger partial charge in [0.2, 0.25) is 0 Å². The van der Waals surface area contributed by atoms with Crippen molar-refractivity contribution in [3.8, 4) is 0 Å². The highest BCUT2D eigenvalue weighted by molar-refractivity contribution is 5.96. The molecule has 0 fully saturated rings. The predicted molar refractivity (Wildman–Crippen MR) is 87.7 cm³/mol. The van der Waals surface area contributed by atoms with Gasteiger partial charge in [-0.2, -0.15) is 0 Å². The minimum Gasteiger partial charge on any atom is -0.383 e. The first-order chi connectivity index (χ1) is 11.1. The van der Waals surface area contributed by atoms with Crippen LogP contribution in [-0.2, 0) is 6.54 Å². The van der Waals surface area contributed by atoms with Gasteiger partial charge in [0.15, 0.2) is 5.65 Å². The molecule has 3 aromatic heterocycles. The largest absolute Gasteiger partial charge is 0.383 e. The fourth-order valence-electron chi connectivity index (χ4n) is 2.30. The van der Waals surface area contributed by atoms with E-state index in [1.807, 2.05) is 10.6 Å². The van der Waals surface area contributed by atoms with Crippen LogP contribution in [0.25, 0.3) is 11.2 Å². The summed E-state index contributed by atoms with van der Waals surface area (Å²) in [7, 11) is 0. The Hall–Kier alpha value is -2.96. The lowest BCUT2D eigenvalue weighted by Gasteiger charge is -2.08. The number of hydrogen-bond donors (Lipinski definition) is 2. The molecule has 23 heavy (non-hydrogen) atoms. The molecule has 0 bridgehead atoms. The zero-order valence-electron chi connectivity index (χ0n) is 13.0. The van der Waals surface area contributed by atoms with E-state index in [-0.39, 0.29) is 11.9 Å². The molecule has 0 atom stereocenters. The molecule has 3 rings (SSSR count). The average molecular weight is 310 g/mol. The fourth-order valence-corrected chi connectivity index (χ4v) is 2.30. The standard InChI is InChI=1S/C16H18N6O/c1-10(2)22-9-21-13-6-12(8-19-15(13)22)16(23)20-7-11-4-3-5-18-14(11)17/h3-6,8-10H,7H2,1-2H3,(H2,17,18)(H,20,23). The monoisotopic (exact) mass is 310 g/mol. The van der Waals surface area contributed by atoms with E-state index in [1.165, 1.54) is 0 Å². The zero-order valence-corrected chi connectivity index (χ0v) is 13.0. The maximum atomic E-state index is 12.3. The lowest BCUT2D eigenvalue weighted by molar-refractivity contribution is 0.0951. The topological polar surface area (TPSA) is 98.7 Å². The third-order valence-corrected chi connectivity index (χ3v) is 3.60. The van der Waals surface area contributed by atoms with Crippen molar-refractivity contribution in [2.24, 2.45) is 0 Å². The molecule has 7 heteroatoms. The molecule has 0 unspecified atom stereocenters. The molecule has 0 saturated heterocycles. The number of amides is 1. The summed E-state index contributed by atoms with van der Waals surface area (Å²) in [6, 6.07) is 5.61. The molecule has 0 radical (unpaired) electrons. The van der Waals surface area contributed by atoms with Crippen LogP contribution in [0.5, 0.6) is 0 Å². The van der Waals surface area contributed by atoms with Gasteiger partial charge < -0.3 is 15.6 Å². The molecule has 0 aliphatic rings. The first-order valence-corrected chi connectivity index (χ1v) is 7.36. The fraction of sp³-hybridized carbons (Fsp3) is 0.250. The maximum Gasteiger partial charge on any atom is 0.253 e. The SMILES string of the molecule is CC(C)n1cnc2cc(C(=O)NCc3cccnc3N)cnc21. The molecule has 3 aromatic rings. The second kappa shape index (κ2) is 6.04. The molecule has 7 nitrogen and oxygen atoms in total. The lowest BCUT2D eigenvalue weighted by Crippen LogP contribution is -2.23. The second-order valence-corrected chi connectivity index (χ2v) is 5.54. The van der Waals surface area contributed by atoms with Gasteiger partial charge >= 0.3 is 0 Å². The number of nitrogens with two attached hydrogens (primary N) is 1. The van der Waals surface area contributed by atoms with Gasteiger partial charge in [0.25, 0.3) is 5.91 Å². The molecule has 1 amide bonds. The van der Waals surface area contributed by atoms with Crippen molar-refractivity contribution >= 4 is 22.9 Å². The number of nitrogens with zero attached hydrogens (tertiary/aromatic N) is 4. The van der Waals surface area contributed by atoms with E-state index >= 15 is 0 Å². The van der Waals surface area contributed by atoms with E-state index in [4.69, 9.17) is 5.73 Å². The third kappa shape index (κ3) is 2.98. The van der Waals surface area contributed by atoms with Gasteiger partial charge in [-0.05, 0) is 26.0 Å². The summed E-state index contributed by atoms with van der Waals surface area (Å²) in [4.78, 5) is 24.9. The van der Waals surface area contributed by atoms with Crippen LogP contribution in [0.1, 0.15) is 35.8 Å². The van der Waals surface area contributed by atoms with Gasteiger partial charge in [-0.1, -0.05) is 6.07 Å². The number of fused-ring (bicyclic) bond motifs is 1. The van der Waals surface area contributed by atoms with Crippen molar-refractivity contribution in [1.29, 1.82) is 0 Å². The van der Waals surface area contributed by atoms with Crippen molar-refractivity contribution < 1.29 is 4.79 Å². The van der Waals surface area contributed by atoms with Gasteiger partial charge in [-0.3, -0.25) is 4.79 Å². The Balaban J connectivity index is 1.77. The van der Waals surface area contributed by atoms with Crippen molar-refractivity contribution in [2.45, 2.75) is 26.4 Å². The Morgan fingerprint density at radius 1 is 1.35 bits per heavy atom. The Bertz CT molecular complexity index is 855.